The normalized spacial score (nSPS) is 10.9. The number of para-hydroxylation sites is 2. The highest BCUT2D eigenvalue weighted by atomic mass is 35.5. The molecule has 0 bridgehead atoms. The fraction of sp³-hybridized carbons (Fsp3) is 0.100. The van der Waals surface area contributed by atoms with E-state index in [1.54, 1.807) is 18.4 Å². The molecular formula is C20H16ClN3OS. The van der Waals surface area contributed by atoms with Gasteiger partial charge in [-0.1, -0.05) is 42.5 Å². The molecule has 0 saturated heterocycles. The lowest BCUT2D eigenvalue weighted by Gasteiger charge is -2.12. The summed E-state index contributed by atoms with van der Waals surface area (Å²) in [6.45, 7) is 2.09. The Hall–Kier alpha value is -2.63. The number of thiophene rings is 1. The van der Waals surface area contributed by atoms with E-state index in [1.807, 2.05) is 42.5 Å². The van der Waals surface area contributed by atoms with E-state index in [0.29, 0.717) is 5.82 Å². The second kappa shape index (κ2) is 6.94. The van der Waals surface area contributed by atoms with Crippen molar-refractivity contribution >= 4 is 44.7 Å². The molecule has 26 heavy (non-hydrogen) atoms. The molecule has 0 spiro atoms. The average Bonchev–Trinajstić information content (AvgIpc) is 2.98. The van der Waals surface area contributed by atoms with Crippen LogP contribution in [-0.4, -0.2) is 17.1 Å². The highest BCUT2D eigenvalue weighted by molar-refractivity contribution is 7.19. The van der Waals surface area contributed by atoms with E-state index in [2.05, 4.69) is 34.3 Å². The molecule has 0 aliphatic heterocycles. The van der Waals surface area contributed by atoms with Gasteiger partial charge in [0.15, 0.2) is 0 Å². The fourth-order valence-corrected chi connectivity index (χ4v) is 4.27. The maximum Gasteiger partial charge on any atom is 0.225 e. The Labute approximate surface area is 160 Å². The molecule has 0 aliphatic rings. The number of benzene rings is 2. The van der Waals surface area contributed by atoms with Crippen molar-refractivity contribution < 1.29 is 4.74 Å². The summed E-state index contributed by atoms with van der Waals surface area (Å²) >= 11 is 7.80. The Kier molecular flexibility index (Phi) is 4.49. The molecule has 0 radical (unpaired) electrons. The highest BCUT2D eigenvalue weighted by Gasteiger charge is 2.19. The van der Waals surface area contributed by atoms with Crippen LogP contribution in [0.5, 0.6) is 5.75 Å². The SMILES string of the molecule is COc1ccccc1Nc1nc(Cl)nc2sc(C)c(-c3ccccc3)c12. The van der Waals surface area contributed by atoms with Crippen LogP contribution in [-0.2, 0) is 0 Å². The maximum absolute atomic E-state index is 6.18. The molecule has 6 heteroatoms. The van der Waals surface area contributed by atoms with E-state index in [9.17, 15) is 0 Å². The number of aryl methyl sites for hydroxylation is 1. The number of aromatic nitrogens is 2. The van der Waals surface area contributed by atoms with E-state index >= 15 is 0 Å². The second-order valence-electron chi connectivity index (χ2n) is 5.75. The smallest absolute Gasteiger partial charge is 0.225 e. The van der Waals surface area contributed by atoms with Crippen LogP contribution in [0.3, 0.4) is 0 Å². The lowest BCUT2D eigenvalue weighted by Crippen LogP contribution is -1.99. The van der Waals surface area contributed by atoms with Crippen molar-refractivity contribution in [2.75, 3.05) is 12.4 Å². The van der Waals surface area contributed by atoms with Crippen LogP contribution in [0, 0.1) is 6.92 Å². The number of hydrogen-bond donors (Lipinski definition) is 1. The number of anilines is 2. The molecule has 0 amide bonds. The second-order valence-corrected chi connectivity index (χ2v) is 7.29. The Morgan fingerprint density at radius 2 is 1.73 bits per heavy atom. The number of nitrogens with one attached hydrogen (secondary N) is 1. The van der Waals surface area contributed by atoms with Gasteiger partial charge < -0.3 is 10.1 Å². The Bertz CT molecular complexity index is 1080. The number of hydrogen-bond acceptors (Lipinski definition) is 5. The van der Waals surface area contributed by atoms with Gasteiger partial charge in [-0.15, -0.1) is 11.3 Å². The van der Waals surface area contributed by atoms with Crippen molar-refractivity contribution in [2.24, 2.45) is 0 Å². The van der Waals surface area contributed by atoms with Gasteiger partial charge >= 0.3 is 0 Å². The quantitative estimate of drug-likeness (QED) is 0.435. The first kappa shape index (κ1) is 16.8. The van der Waals surface area contributed by atoms with E-state index in [1.165, 1.54) is 4.88 Å². The summed E-state index contributed by atoms with van der Waals surface area (Å²) in [7, 11) is 1.65. The summed E-state index contributed by atoms with van der Waals surface area (Å²) in [5, 5.41) is 4.56. The molecular weight excluding hydrogens is 366 g/mol. The third kappa shape index (κ3) is 3.00. The van der Waals surface area contributed by atoms with Gasteiger partial charge in [-0.25, -0.2) is 4.98 Å². The van der Waals surface area contributed by atoms with Crippen LogP contribution < -0.4 is 10.1 Å². The third-order valence-electron chi connectivity index (χ3n) is 4.12. The molecule has 0 saturated carbocycles. The van der Waals surface area contributed by atoms with Crippen molar-refractivity contribution in [1.82, 2.24) is 9.97 Å². The van der Waals surface area contributed by atoms with Gasteiger partial charge in [0, 0.05) is 10.4 Å². The Morgan fingerprint density at radius 3 is 2.50 bits per heavy atom. The van der Waals surface area contributed by atoms with Gasteiger partial charge in [-0.2, -0.15) is 4.98 Å². The average molecular weight is 382 g/mol. The van der Waals surface area contributed by atoms with Gasteiger partial charge in [0.05, 0.1) is 18.2 Å². The molecule has 4 aromatic rings. The van der Waals surface area contributed by atoms with E-state index in [4.69, 9.17) is 16.3 Å². The van der Waals surface area contributed by atoms with Crippen molar-refractivity contribution in [3.8, 4) is 16.9 Å². The van der Waals surface area contributed by atoms with Crippen LogP contribution in [0.1, 0.15) is 4.88 Å². The van der Waals surface area contributed by atoms with Crippen molar-refractivity contribution in [3.05, 3.63) is 64.8 Å². The zero-order valence-electron chi connectivity index (χ0n) is 14.3. The van der Waals surface area contributed by atoms with E-state index < -0.39 is 0 Å². The maximum atomic E-state index is 6.18. The van der Waals surface area contributed by atoms with E-state index in [0.717, 1.165) is 32.8 Å². The van der Waals surface area contributed by atoms with Crippen molar-refractivity contribution in [3.63, 3.8) is 0 Å². The largest absolute Gasteiger partial charge is 0.495 e. The highest BCUT2D eigenvalue weighted by Crippen LogP contribution is 2.42. The molecule has 4 rings (SSSR count). The standard InChI is InChI=1S/C20H16ClN3OS/c1-12-16(13-8-4-3-5-9-13)17-18(23-20(21)24-19(17)26-12)22-14-10-6-7-11-15(14)25-2/h3-11H,1-2H3,(H,22,23,24). The third-order valence-corrected chi connectivity index (χ3v) is 5.29. The summed E-state index contributed by atoms with van der Waals surface area (Å²) in [4.78, 5) is 10.9. The zero-order chi connectivity index (χ0) is 18.1. The molecule has 2 aromatic heterocycles. The number of ether oxygens (including phenoxy) is 1. The minimum absolute atomic E-state index is 0.218. The first-order chi connectivity index (χ1) is 12.7. The number of fused-ring (bicyclic) bond motifs is 1. The number of methoxy groups -OCH3 is 1. The predicted molar refractivity (Wildman–Crippen MR) is 109 cm³/mol. The molecule has 0 atom stereocenters. The fourth-order valence-electron chi connectivity index (χ4n) is 3.00. The number of nitrogens with zero attached hydrogens (tertiary/aromatic N) is 2. The van der Waals surface area contributed by atoms with Crippen LogP contribution in [0.4, 0.5) is 11.5 Å². The Balaban J connectivity index is 1.94. The topological polar surface area (TPSA) is 47.0 Å². The monoisotopic (exact) mass is 381 g/mol. The molecule has 4 nitrogen and oxygen atoms in total. The number of halogens is 1. The molecule has 0 fully saturated rings. The lowest BCUT2D eigenvalue weighted by molar-refractivity contribution is 0.417. The summed E-state index contributed by atoms with van der Waals surface area (Å²) in [6, 6.07) is 18.0. The lowest BCUT2D eigenvalue weighted by atomic mass is 10.0. The molecule has 130 valence electrons. The number of rotatable bonds is 4. The zero-order valence-corrected chi connectivity index (χ0v) is 15.9. The summed E-state index contributed by atoms with van der Waals surface area (Å²) in [5.74, 6) is 1.41. The summed E-state index contributed by atoms with van der Waals surface area (Å²) in [5.41, 5.74) is 3.08. The van der Waals surface area contributed by atoms with Crippen molar-refractivity contribution in [1.29, 1.82) is 0 Å². The van der Waals surface area contributed by atoms with Crippen LogP contribution in [0.15, 0.2) is 54.6 Å². The molecule has 2 aromatic carbocycles. The van der Waals surface area contributed by atoms with Crippen LogP contribution in [0.25, 0.3) is 21.3 Å². The minimum Gasteiger partial charge on any atom is -0.495 e. The molecule has 1 N–H and O–H groups in total. The van der Waals surface area contributed by atoms with Gasteiger partial charge in [-0.05, 0) is 36.2 Å². The summed E-state index contributed by atoms with van der Waals surface area (Å²) < 4.78 is 5.44. The van der Waals surface area contributed by atoms with Crippen LogP contribution in [0.2, 0.25) is 5.28 Å². The van der Waals surface area contributed by atoms with Gasteiger partial charge in [0.25, 0.3) is 0 Å². The first-order valence-electron chi connectivity index (χ1n) is 8.09. The summed E-state index contributed by atoms with van der Waals surface area (Å²) in [6.07, 6.45) is 0. The molecule has 0 aliphatic carbocycles. The van der Waals surface area contributed by atoms with Gasteiger partial charge in [-0.3, -0.25) is 0 Å². The predicted octanol–water partition coefficient (Wildman–Crippen LogP) is 6.07. The van der Waals surface area contributed by atoms with Gasteiger partial charge in [0.2, 0.25) is 5.28 Å². The Morgan fingerprint density at radius 1 is 1.00 bits per heavy atom. The van der Waals surface area contributed by atoms with Crippen LogP contribution >= 0.6 is 22.9 Å². The van der Waals surface area contributed by atoms with Gasteiger partial charge in [0.1, 0.15) is 16.4 Å². The first-order valence-corrected chi connectivity index (χ1v) is 9.29. The molecule has 2 heterocycles. The molecule has 0 unspecified atom stereocenters. The van der Waals surface area contributed by atoms with E-state index in [-0.39, 0.29) is 5.28 Å². The van der Waals surface area contributed by atoms with Crippen molar-refractivity contribution in [2.45, 2.75) is 6.92 Å². The minimum atomic E-state index is 0.218.